The monoisotopic (exact) mass is 257 g/mol. The zero-order chi connectivity index (χ0) is 13.4. The van der Waals surface area contributed by atoms with E-state index < -0.39 is 0 Å². The Hall–Kier alpha value is -2.43. The van der Waals surface area contributed by atoms with Gasteiger partial charge in [-0.2, -0.15) is 0 Å². The highest BCUT2D eigenvalue weighted by molar-refractivity contribution is 5.82. The summed E-state index contributed by atoms with van der Waals surface area (Å²) in [5.41, 5.74) is 0.882. The van der Waals surface area contributed by atoms with E-state index in [1.807, 2.05) is 0 Å². The molecule has 0 aliphatic carbocycles. The first-order chi connectivity index (χ1) is 9.17. The molecule has 0 atom stereocenters. The Labute approximate surface area is 109 Å². The van der Waals surface area contributed by atoms with Gasteiger partial charge in [-0.15, -0.1) is 0 Å². The van der Waals surface area contributed by atoms with Crippen molar-refractivity contribution in [1.82, 2.24) is 9.97 Å². The SMILES string of the molecule is CNc1cc(-c2cc3cccc(F)c3o2)nc(C)n1. The Bertz CT molecular complexity index is 752. The van der Waals surface area contributed by atoms with Crippen LogP contribution in [0.1, 0.15) is 5.82 Å². The highest BCUT2D eigenvalue weighted by Gasteiger charge is 2.12. The summed E-state index contributed by atoms with van der Waals surface area (Å²) in [7, 11) is 1.78. The van der Waals surface area contributed by atoms with Gasteiger partial charge in [0, 0.05) is 18.5 Å². The molecule has 0 fully saturated rings. The highest BCUT2D eigenvalue weighted by atomic mass is 19.1. The van der Waals surface area contributed by atoms with Crippen LogP contribution in [0.2, 0.25) is 0 Å². The van der Waals surface area contributed by atoms with Gasteiger partial charge in [-0.3, -0.25) is 0 Å². The van der Waals surface area contributed by atoms with Gasteiger partial charge < -0.3 is 9.73 Å². The van der Waals surface area contributed by atoms with Gasteiger partial charge in [0.1, 0.15) is 17.3 Å². The molecule has 2 heterocycles. The second-order valence-electron chi connectivity index (χ2n) is 4.20. The molecule has 4 nitrogen and oxygen atoms in total. The molecule has 19 heavy (non-hydrogen) atoms. The maximum Gasteiger partial charge on any atom is 0.170 e. The van der Waals surface area contributed by atoms with Crippen LogP contribution in [0.25, 0.3) is 22.4 Å². The van der Waals surface area contributed by atoms with Gasteiger partial charge in [0.15, 0.2) is 17.2 Å². The first-order valence-electron chi connectivity index (χ1n) is 5.89. The van der Waals surface area contributed by atoms with Gasteiger partial charge >= 0.3 is 0 Å². The molecule has 1 aromatic carbocycles. The van der Waals surface area contributed by atoms with Gasteiger partial charge in [-0.05, 0) is 19.1 Å². The average Bonchev–Trinajstić information content (AvgIpc) is 2.83. The number of rotatable bonds is 2. The number of fused-ring (bicyclic) bond motifs is 1. The number of aromatic nitrogens is 2. The minimum Gasteiger partial charge on any atom is -0.451 e. The van der Waals surface area contributed by atoms with E-state index in [2.05, 4.69) is 15.3 Å². The molecule has 3 aromatic rings. The van der Waals surface area contributed by atoms with E-state index in [1.54, 1.807) is 38.2 Å². The van der Waals surface area contributed by atoms with Crippen molar-refractivity contribution < 1.29 is 8.81 Å². The second-order valence-corrected chi connectivity index (χ2v) is 4.20. The number of halogens is 1. The molecule has 0 bridgehead atoms. The van der Waals surface area contributed by atoms with Crippen molar-refractivity contribution in [2.75, 3.05) is 12.4 Å². The van der Waals surface area contributed by atoms with E-state index in [0.29, 0.717) is 23.1 Å². The second kappa shape index (κ2) is 4.35. The smallest absolute Gasteiger partial charge is 0.170 e. The largest absolute Gasteiger partial charge is 0.451 e. The number of nitrogens with one attached hydrogen (secondary N) is 1. The number of benzene rings is 1. The molecule has 0 aliphatic rings. The summed E-state index contributed by atoms with van der Waals surface area (Å²) in [4.78, 5) is 8.52. The third kappa shape index (κ3) is 2.03. The van der Waals surface area contributed by atoms with Crippen LogP contribution in [0.4, 0.5) is 10.2 Å². The Balaban J connectivity index is 2.19. The van der Waals surface area contributed by atoms with E-state index in [9.17, 15) is 4.39 Å². The topological polar surface area (TPSA) is 51.0 Å². The van der Waals surface area contributed by atoms with Crippen molar-refractivity contribution in [3.63, 3.8) is 0 Å². The zero-order valence-corrected chi connectivity index (χ0v) is 10.6. The lowest BCUT2D eigenvalue weighted by Gasteiger charge is -2.02. The minimum atomic E-state index is -0.372. The first kappa shape index (κ1) is 11.6. The Kier molecular flexibility index (Phi) is 2.67. The number of hydrogen-bond acceptors (Lipinski definition) is 4. The molecule has 2 aromatic heterocycles. The molecule has 1 N–H and O–H groups in total. The quantitative estimate of drug-likeness (QED) is 0.764. The first-order valence-corrected chi connectivity index (χ1v) is 5.89. The van der Waals surface area contributed by atoms with E-state index in [1.165, 1.54) is 6.07 Å². The van der Waals surface area contributed by atoms with Gasteiger partial charge in [-0.1, -0.05) is 12.1 Å². The Morgan fingerprint density at radius 2 is 2.05 bits per heavy atom. The molecule has 0 amide bonds. The van der Waals surface area contributed by atoms with Crippen LogP contribution in [0.3, 0.4) is 0 Å². The standard InChI is InChI=1S/C14H12FN3O/c1-8-17-11(7-13(16-2)18-8)12-6-9-4-3-5-10(15)14(9)19-12/h3-7H,1-2H3,(H,16,17,18). The summed E-state index contributed by atoms with van der Waals surface area (Å²) in [5, 5.41) is 3.68. The molecule has 0 unspecified atom stereocenters. The number of furan rings is 1. The summed E-state index contributed by atoms with van der Waals surface area (Å²) in [6, 6.07) is 8.38. The fourth-order valence-corrected chi connectivity index (χ4v) is 1.98. The zero-order valence-electron chi connectivity index (χ0n) is 10.6. The molecule has 5 heteroatoms. The van der Waals surface area contributed by atoms with Gasteiger partial charge in [0.25, 0.3) is 0 Å². The predicted octanol–water partition coefficient (Wildman–Crippen LogP) is 3.38. The third-order valence-electron chi connectivity index (χ3n) is 2.84. The highest BCUT2D eigenvalue weighted by Crippen LogP contribution is 2.29. The average molecular weight is 257 g/mol. The van der Waals surface area contributed by atoms with Crippen LogP contribution < -0.4 is 5.32 Å². The lowest BCUT2D eigenvalue weighted by molar-refractivity contribution is 0.567. The van der Waals surface area contributed by atoms with Crippen molar-refractivity contribution in [2.24, 2.45) is 0 Å². The van der Waals surface area contributed by atoms with Crippen LogP contribution >= 0.6 is 0 Å². The number of anilines is 1. The summed E-state index contributed by atoms with van der Waals surface area (Å²) in [6.45, 7) is 1.80. The lowest BCUT2D eigenvalue weighted by atomic mass is 10.2. The molecular weight excluding hydrogens is 245 g/mol. The molecule has 0 radical (unpaired) electrons. The number of hydrogen-bond donors (Lipinski definition) is 1. The van der Waals surface area contributed by atoms with Crippen molar-refractivity contribution in [3.05, 3.63) is 42.0 Å². The summed E-state index contributed by atoms with van der Waals surface area (Å²) in [6.07, 6.45) is 0. The fraction of sp³-hybridized carbons (Fsp3) is 0.143. The Morgan fingerprint density at radius 1 is 1.21 bits per heavy atom. The van der Waals surface area contributed by atoms with Crippen molar-refractivity contribution in [1.29, 1.82) is 0 Å². The lowest BCUT2D eigenvalue weighted by Crippen LogP contribution is -1.97. The molecule has 0 saturated heterocycles. The minimum absolute atomic E-state index is 0.250. The molecule has 96 valence electrons. The van der Waals surface area contributed by atoms with E-state index >= 15 is 0 Å². The maximum atomic E-state index is 13.6. The van der Waals surface area contributed by atoms with E-state index in [0.717, 1.165) is 5.39 Å². The van der Waals surface area contributed by atoms with Crippen LogP contribution in [0.5, 0.6) is 0 Å². The molecule has 3 rings (SSSR count). The van der Waals surface area contributed by atoms with Gasteiger partial charge in [-0.25, -0.2) is 14.4 Å². The van der Waals surface area contributed by atoms with Crippen LogP contribution in [0.15, 0.2) is 34.7 Å². The fourth-order valence-electron chi connectivity index (χ4n) is 1.98. The van der Waals surface area contributed by atoms with Crippen molar-refractivity contribution in [3.8, 4) is 11.5 Å². The molecule has 0 spiro atoms. The normalized spacial score (nSPS) is 10.9. The van der Waals surface area contributed by atoms with Crippen LogP contribution in [-0.4, -0.2) is 17.0 Å². The van der Waals surface area contributed by atoms with Gasteiger partial charge in [0.05, 0.1) is 0 Å². The van der Waals surface area contributed by atoms with Crippen LogP contribution in [0, 0.1) is 12.7 Å². The number of nitrogens with zero attached hydrogens (tertiary/aromatic N) is 2. The summed E-state index contributed by atoms with van der Waals surface area (Å²) in [5.74, 6) is 1.48. The summed E-state index contributed by atoms with van der Waals surface area (Å²) < 4.78 is 19.1. The maximum absolute atomic E-state index is 13.6. The number of aryl methyl sites for hydroxylation is 1. The van der Waals surface area contributed by atoms with Gasteiger partial charge in [0.2, 0.25) is 0 Å². The molecule has 0 aliphatic heterocycles. The van der Waals surface area contributed by atoms with E-state index in [4.69, 9.17) is 4.42 Å². The predicted molar refractivity (Wildman–Crippen MR) is 71.5 cm³/mol. The molecular formula is C14H12FN3O. The van der Waals surface area contributed by atoms with Crippen molar-refractivity contribution in [2.45, 2.75) is 6.92 Å². The third-order valence-corrected chi connectivity index (χ3v) is 2.84. The van der Waals surface area contributed by atoms with E-state index in [-0.39, 0.29) is 11.4 Å². The Morgan fingerprint density at radius 3 is 2.79 bits per heavy atom. The van der Waals surface area contributed by atoms with Crippen molar-refractivity contribution >= 4 is 16.8 Å². The van der Waals surface area contributed by atoms with Crippen LogP contribution in [-0.2, 0) is 0 Å². The number of para-hydroxylation sites is 1. The molecule has 0 saturated carbocycles. The summed E-state index contributed by atoms with van der Waals surface area (Å²) >= 11 is 0.